The number of aliphatic imine (C=N–C) groups is 1. The highest BCUT2D eigenvalue weighted by Crippen LogP contribution is 2.14. The van der Waals surface area contributed by atoms with Crippen LogP contribution in [0.1, 0.15) is 17.0 Å². The minimum atomic E-state index is 0. The Balaban J connectivity index is 0.00000338. The second-order valence-corrected chi connectivity index (χ2v) is 5.98. The molecule has 6 nitrogen and oxygen atoms in total. The molecule has 1 aromatic heterocycles. The Morgan fingerprint density at radius 3 is 2.50 bits per heavy atom. The van der Waals surface area contributed by atoms with Crippen LogP contribution < -0.4 is 15.5 Å². The molecule has 2 aromatic rings. The average molecular weight is 469 g/mol. The SMILES string of the molecule is CN=C(NCc1cccnc1N(C)C)NCC(CO)c1ccccc1.I. The van der Waals surface area contributed by atoms with Crippen LogP contribution in [0.2, 0.25) is 0 Å². The van der Waals surface area contributed by atoms with Crippen molar-refractivity contribution in [1.29, 1.82) is 0 Å². The van der Waals surface area contributed by atoms with Gasteiger partial charge in [0.1, 0.15) is 5.82 Å². The molecule has 1 atom stereocenters. The molecule has 26 heavy (non-hydrogen) atoms. The third kappa shape index (κ3) is 6.45. The van der Waals surface area contributed by atoms with Crippen LogP contribution in [0.15, 0.2) is 53.7 Å². The minimum absolute atomic E-state index is 0. The predicted molar refractivity (Wildman–Crippen MR) is 118 cm³/mol. The maximum atomic E-state index is 9.66. The maximum Gasteiger partial charge on any atom is 0.191 e. The number of hydrogen-bond acceptors (Lipinski definition) is 4. The van der Waals surface area contributed by atoms with Gasteiger partial charge in [-0.25, -0.2) is 4.98 Å². The number of benzene rings is 1. The normalized spacial score (nSPS) is 12.1. The first-order valence-electron chi connectivity index (χ1n) is 8.37. The van der Waals surface area contributed by atoms with Crippen LogP contribution in [0, 0.1) is 0 Å². The zero-order valence-electron chi connectivity index (χ0n) is 15.5. The second-order valence-electron chi connectivity index (χ2n) is 5.98. The van der Waals surface area contributed by atoms with Gasteiger partial charge in [0.2, 0.25) is 0 Å². The molecular weight excluding hydrogens is 441 g/mol. The first-order valence-corrected chi connectivity index (χ1v) is 8.37. The summed E-state index contributed by atoms with van der Waals surface area (Å²) in [5.41, 5.74) is 2.20. The van der Waals surface area contributed by atoms with Crippen molar-refractivity contribution in [2.75, 3.05) is 39.2 Å². The summed E-state index contributed by atoms with van der Waals surface area (Å²) in [5, 5.41) is 16.2. The Kier molecular flexibility index (Phi) is 9.97. The average Bonchev–Trinajstić information content (AvgIpc) is 2.65. The fourth-order valence-corrected chi connectivity index (χ4v) is 2.60. The molecule has 1 unspecified atom stereocenters. The van der Waals surface area contributed by atoms with Gasteiger partial charge in [0.15, 0.2) is 5.96 Å². The van der Waals surface area contributed by atoms with Crippen LogP contribution in [0.4, 0.5) is 5.82 Å². The number of guanidine groups is 1. The van der Waals surface area contributed by atoms with E-state index < -0.39 is 0 Å². The van der Waals surface area contributed by atoms with E-state index in [0.29, 0.717) is 19.0 Å². The molecule has 0 amide bonds. The van der Waals surface area contributed by atoms with Crippen LogP contribution in [0.3, 0.4) is 0 Å². The lowest BCUT2D eigenvalue weighted by atomic mass is 10.0. The summed E-state index contributed by atoms with van der Waals surface area (Å²) in [6.07, 6.45) is 1.79. The van der Waals surface area contributed by atoms with E-state index in [-0.39, 0.29) is 36.5 Å². The Morgan fingerprint density at radius 2 is 1.88 bits per heavy atom. The van der Waals surface area contributed by atoms with E-state index in [0.717, 1.165) is 16.9 Å². The summed E-state index contributed by atoms with van der Waals surface area (Å²) in [6.45, 7) is 1.31. The van der Waals surface area contributed by atoms with Crippen LogP contribution in [-0.4, -0.2) is 50.3 Å². The summed E-state index contributed by atoms with van der Waals surface area (Å²) < 4.78 is 0. The van der Waals surface area contributed by atoms with E-state index in [2.05, 4.69) is 20.6 Å². The standard InChI is InChI=1S/C19H27N5O.HI/c1-20-19(22-12-16-10-7-11-21-18(16)24(2)3)23-13-17(14-25)15-8-5-4-6-9-15;/h4-11,17,25H,12-14H2,1-3H3,(H2,20,22,23);1H. The fourth-order valence-electron chi connectivity index (χ4n) is 2.60. The number of pyridine rings is 1. The Labute approximate surface area is 172 Å². The summed E-state index contributed by atoms with van der Waals surface area (Å²) in [6, 6.07) is 14.0. The Morgan fingerprint density at radius 1 is 1.15 bits per heavy atom. The van der Waals surface area contributed by atoms with Crippen molar-refractivity contribution in [3.63, 3.8) is 0 Å². The zero-order valence-corrected chi connectivity index (χ0v) is 17.8. The molecule has 2 rings (SSSR count). The third-order valence-corrected chi connectivity index (χ3v) is 3.97. The smallest absolute Gasteiger partial charge is 0.191 e. The van der Waals surface area contributed by atoms with E-state index in [1.165, 1.54) is 0 Å². The van der Waals surface area contributed by atoms with Gasteiger partial charge in [-0.1, -0.05) is 36.4 Å². The molecule has 1 aromatic carbocycles. The number of rotatable bonds is 7. The van der Waals surface area contributed by atoms with E-state index >= 15 is 0 Å². The lowest BCUT2D eigenvalue weighted by Gasteiger charge is -2.19. The second kappa shape index (κ2) is 11.7. The Bertz CT molecular complexity index is 679. The number of nitrogens with zero attached hydrogens (tertiary/aromatic N) is 3. The fraction of sp³-hybridized carbons (Fsp3) is 0.368. The number of hydrogen-bond donors (Lipinski definition) is 3. The predicted octanol–water partition coefficient (Wildman–Crippen LogP) is 2.21. The topological polar surface area (TPSA) is 72.8 Å². The van der Waals surface area contributed by atoms with Gasteiger partial charge >= 0.3 is 0 Å². The van der Waals surface area contributed by atoms with Gasteiger partial charge in [-0.2, -0.15) is 0 Å². The molecule has 7 heteroatoms. The van der Waals surface area contributed by atoms with Crippen molar-refractivity contribution in [3.8, 4) is 0 Å². The highest BCUT2D eigenvalue weighted by Gasteiger charge is 2.11. The first-order chi connectivity index (χ1) is 12.2. The first kappa shape index (κ1) is 22.2. The molecule has 0 saturated heterocycles. The maximum absolute atomic E-state index is 9.66. The van der Waals surface area contributed by atoms with Crippen molar-refractivity contribution in [1.82, 2.24) is 15.6 Å². The number of halogens is 1. The molecule has 142 valence electrons. The van der Waals surface area contributed by atoms with Gasteiger partial charge in [0.05, 0.1) is 6.61 Å². The van der Waals surface area contributed by atoms with Gasteiger partial charge in [-0.05, 0) is 11.6 Å². The van der Waals surface area contributed by atoms with Gasteiger partial charge in [0, 0.05) is 51.9 Å². The lowest BCUT2D eigenvalue weighted by molar-refractivity contribution is 0.265. The van der Waals surface area contributed by atoms with Gasteiger partial charge in [-0.15, -0.1) is 24.0 Å². The zero-order chi connectivity index (χ0) is 18.1. The number of aromatic nitrogens is 1. The molecule has 3 N–H and O–H groups in total. The van der Waals surface area contributed by atoms with Crippen molar-refractivity contribution in [2.45, 2.75) is 12.5 Å². The molecule has 0 fully saturated rings. The molecular formula is C19H28IN5O. The van der Waals surface area contributed by atoms with Crippen LogP contribution in [-0.2, 0) is 6.54 Å². The summed E-state index contributed by atoms with van der Waals surface area (Å²) >= 11 is 0. The number of aliphatic hydroxyl groups excluding tert-OH is 1. The van der Waals surface area contributed by atoms with Crippen molar-refractivity contribution in [2.24, 2.45) is 4.99 Å². The minimum Gasteiger partial charge on any atom is -0.396 e. The number of aliphatic hydroxyl groups is 1. The monoisotopic (exact) mass is 469 g/mol. The highest BCUT2D eigenvalue weighted by molar-refractivity contribution is 14.0. The van der Waals surface area contributed by atoms with Gasteiger partial charge in [0.25, 0.3) is 0 Å². The highest BCUT2D eigenvalue weighted by atomic mass is 127. The molecule has 0 bridgehead atoms. The van der Waals surface area contributed by atoms with Crippen molar-refractivity contribution in [3.05, 3.63) is 59.8 Å². The largest absolute Gasteiger partial charge is 0.396 e. The van der Waals surface area contributed by atoms with Gasteiger partial charge in [-0.3, -0.25) is 4.99 Å². The van der Waals surface area contributed by atoms with Crippen molar-refractivity contribution >= 4 is 35.8 Å². The van der Waals surface area contributed by atoms with E-state index in [9.17, 15) is 5.11 Å². The molecule has 0 aliphatic heterocycles. The van der Waals surface area contributed by atoms with Crippen LogP contribution in [0.25, 0.3) is 0 Å². The molecule has 0 radical (unpaired) electrons. The Hall–Kier alpha value is -1.87. The number of nitrogens with one attached hydrogen (secondary N) is 2. The van der Waals surface area contributed by atoms with E-state index in [1.54, 1.807) is 13.2 Å². The van der Waals surface area contributed by atoms with Crippen LogP contribution >= 0.6 is 24.0 Å². The molecule has 0 aliphatic rings. The molecule has 0 spiro atoms. The molecule has 1 heterocycles. The number of anilines is 1. The van der Waals surface area contributed by atoms with Gasteiger partial charge < -0.3 is 20.6 Å². The van der Waals surface area contributed by atoms with Crippen LogP contribution in [0.5, 0.6) is 0 Å². The lowest BCUT2D eigenvalue weighted by Crippen LogP contribution is -2.39. The van der Waals surface area contributed by atoms with E-state index in [4.69, 9.17) is 0 Å². The summed E-state index contributed by atoms with van der Waals surface area (Å²) in [5.74, 6) is 1.65. The quantitative estimate of drug-likeness (QED) is 0.330. The third-order valence-electron chi connectivity index (χ3n) is 3.97. The van der Waals surface area contributed by atoms with E-state index in [1.807, 2.05) is 61.5 Å². The molecule has 0 aliphatic carbocycles. The molecule has 0 saturated carbocycles. The summed E-state index contributed by atoms with van der Waals surface area (Å²) in [4.78, 5) is 10.6. The van der Waals surface area contributed by atoms with Crippen molar-refractivity contribution < 1.29 is 5.11 Å². The summed E-state index contributed by atoms with van der Waals surface area (Å²) in [7, 11) is 5.69.